The van der Waals surface area contributed by atoms with E-state index in [0.29, 0.717) is 5.56 Å². The Morgan fingerprint density at radius 2 is 1.94 bits per heavy atom. The van der Waals surface area contributed by atoms with Crippen molar-refractivity contribution in [3.8, 4) is 0 Å². The van der Waals surface area contributed by atoms with Crippen molar-refractivity contribution in [2.24, 2.45) is 5.92 Å². The Morgan fingerprint density at radius 1 is 1.25 bits per heavy atom. The number of benzene rings is 1. The Labute approximate surface area is 96.3 Å². The van der Waals surface area contributed by atoms with E-state index < -0.39 is 5.97 Å². The molecule has 0 spiro atoms. The highest BCUT2D eigenvalue weighted by molar-refractivity contribution is 5.89. The molecule has 0 N–H and O–H groups in total. The second-order valence-electron chi connectivity index (χ2n) is 4.15. The van der Waals surface area contributed by atoms with Crippen molar-refractivity contribution in [3.63, 3.8) is 0 Å². The fourth-order valence-corrected chi connectivity index (χ4v) is 1.10. The molecule has 0 saturated carbocycles. The summed E-state index contributed by atoms with van der Waals surface area (Å²) >= 11 is 0. The van der Waals surface area contributed by atoms with Gasteiger partial charge in [0.1, 0.15) is 6.61 Å². The van der Waals surface area contributed by atoms with Crippen LogP contribution in [0, 0.1) is 26.4 Å². The van der Waals surface area contributed by atoms with Gasteiger partial charge in [-0.05, 0) is 43.0 Å². The Bertz CT molecular complexity index is 369. The lowest BCUT2D eigenvalue weighted by Gasteiger charge is -2.06. The molecule has 0 aliphatic heterocycles. The smallest absolute Gasteiger partial charge is 0.292 e. The molecule has 16 heavy (non-hydrogen) atoms. The zero-order valence-corrected chi connectivity index (χ0v) is 10.1. The van der Waals surface area contributed by atoms with Crippen molar-refractivity contribution in [1.29, 1.82) is 0 Å². The molecule has 0 aliphatic carbocycles. The number of carbonyl (C=O) groups excluding carboxylic acids is 1. The highest BCUT2D eigenvalue weighted by atomic mass is 17.2. The van der Waals surface area contributed by atoms with Gasteiger partial charge in [0, 0.05) is 0 Å². The zero-order chi connectivity index (χ0) is 12.1. The van der Waals surface area contributed by atoms with Crippen LogP contribution in [0.1, 0.15) is 35.3 Å². The maximum absolute atomic E-state index is 11.5. The van der Waals surface area contributed by atoms with Crippen LogP contribution < -0.4 is 0 Å². The molecule has 3 heteroatoms. The normalized spacial score (nSPS) is 10.6. The lowest BCUT2D eigenvalue weighted by atomic mass is 10.1. The molecule has 0 aromatic heterocycles. The second kappa shape index (κ2) is 5.66. The predicted octanol–water partition coefficient (Wildman–Crippen LogP) is 3.21. The first-order chi connectivity index (χ1) is 7.50. The van der Waals surface area contributed by atoms with Gasteiger partial charge in [-0.2, -0.15) is 4.89 Å². The minimum Gasteiger partial charge on any atom is -0.292 e. The van der Waals surface area contributed by atoms with E-state index in [1.807, 2.05) is 33.8 Å². The average Bonchev–Trinajstić information content (AvgIpc) is 2.21. The maximum atomic E-state index is 11.5. The molecule has 1 rings (SSSR count). The minimum atomic E-state index is -0.472. The van der Waals surface area contributed by atoms with Crippen molar-refractivity contribution in [1.82, 2.24) is 0 Å². The Hall–Kier alpha value is -1.35. The summed E-state index contributed by atoms with van der Waals surface area (Å²) in [6, 6.07) is 5.40. The van der Waals surface area contributed by atoms with Crippen molar-refractivity contribution in [3.05, 3.63) is 41.5 Å². The van der Waals surface area contributed by atoms with Crippen LogP contribution >= 0.6 is 0 Å². The van der Waals surface area contributed by atoms with E-state index in [0.717, 1.165) is 11.1 Å². The van der Waals surface area contributed by atoms with Crippen LogP contribution in [0.4, 0.5) is 0 Å². The van der Waals surface area contributed by atoms with Crippen LogP contribution in [0.2, 0.25) is 0 Å². The van der Waals surface area contributed by atoms with Gasteiger partial charge in [0.25, 0.3) is 0 Å². The van der Waals surface area contributed by atoms with E-state index in [1.54, 1.807) is 12.1 Å². The Balaban J connectivity index is 2.56. The highest BCUT2D eigenvalue weighted by Crippen LogP contribution is 2.11. The number of hydrogen-bond acceptors (Lipinski definition) is 3. The van der Waals surface area contributed by atoms with Crippen LogP contribution in [0.15, 0.2) is 18.2 Å². The summed E-state index contributed by atoms with van der Waals surface area (Å²) in [5.41, 5.74) is 2.70. The molecule has 3 nitrogen and oxygen atoms in total. The molecule has 0 aliphatic rings. The molecule has 0 amide bonds. The molecule has 0 saturated heterocycles. The predicted molar refractivity (Wildman–Crippen MR) is 61.6 cm³/mol. The summed E-state index contributed by atoms with van der Waals surface area (Å²) in [6.07, 6.45) is 0. The van der Waals surface area contributed by atoms with Crippen LogP contribution in [0.3, 0.4) is 0 Å². The molecular weight excluding hydrogens is 204 g/mol. The largest absolute Gasteiger partial charge is 0.373 e. The van der Waals surface area contributed by atoms with E-state index in [4.69, 9.17) is 4.89 Å². The SMILES string of the molecule is Cc1ccc(C(=O)OO[CH]C(C)C)cc1C. The van der Waals surface area contributed by atoms with Gasteiger partial charge in [-0.1, -0.05) is 19.9 Å². The Kier molecular flexibility index (Phi) is 4.50. The second-order valence-corrected chi connectivity index (χ2v) is 4.15. The van der Waals surface area contributed by atoms with Crippen molar-refractivity contribution in [2.75, 3.05) is 0 Å². The van der Waals surface area contributed by atoms with E-state index >= 15 is 0 Å². The van der Waals surface area contributed by atoms with Crippen LogP contribution in [-0.4, -0.2) is 5.97 Å². The molecule has 0 fully saturated rings. The molecule has 0 bridgehead atoms. The van der Waals surface area contributed by atoms with E-state index in [1.165, 1.54) is 6.61 Å². The van der Waals surface area contributed by atoms with Gasteiger partial charge in [-0.3, -0.25) is 4.89 Å². The number of rotatable bonds is 4. The van der Waals surface area contributed by atoms with Crippen LogP contribution in [0.25, 0.3) is 0 Å². The summed E-state index contributed by atoms with van der Waals surface area (Å²) in [4.78, 5) is 20.9. The topological polar surface area (TPSA) is 35.5 Å². The van der Waals surface area contributed by atoms with Crippen molar-refractivity contribution >= 4 is 5.97 Å². The fourth-order valence-electron chi connectivity index (χ4n) is 1.10. The molecule has 87 valence electrons. The zero-order valence-electron chi connectivity index (χ0n) is 10.1. The van der Waals surface area contributed by atoms with E-state index in [-0.39, 0.29) is 5.92 Å². The molecule has 1 aromatic rings. The third-order valence-corrected chi connectivity index (χ3v) is 2.19. The van der Waals surface area contributed by atoms with E-state index in [2.05, 4.69) is 4.89 Å². The standard InChI is InChI=1S/C13H17O3/c1-9(2)8-15-16-13(14)12-6-5-10(3)11(4)7-12/h5-9H,1-4H3. The number of hydrogen-bond donors (Lipinski definition) is 0. The third kappa shape index (κ3) is 3.66. The van der Waals surface area contributed by atoms with Crippen LogP contribution in [-0.2, 0) is 9.78 Å². The number of aryl methyl sites for hydroxylation is 2. The van der Waals surface area contributed by atoms with Gasteiger partial charge < -0.3 is 0 Å². The first-order valence-corrected chi connectivity index (χ1v) is 5.29. The minimum absolute atomic E-state index is 0.215. The quantitative estimate of drug-likeness (QED) is 0.578. The Morgan fingerprint density at radius 3 is 2.50 bits per heavy atom. The van der Waals surface area contributed by atoms with Gasteiger partial charge in [0.15, 0.2) is 0 Å². The fraction of sp³-hybridized carbons (Fsp3) is 0.385. The summed E-state index contributed by atoms with van der Waals surface area (Å²) in [5, 5.41) is 0. The molecule has 0 heterocycles. The van der Waals surface area contributed by atoms with Gasteiger partial charge in [-0.25, -0.2) is 4.79 Å². The molecule has 1 aromatic carbocycles. The summed E-state index contributed by atoms with van der Waals surface area (Å²) < 4.78 is 0. The lowest BCUT2D eigenvalue weighted by molar-refractivity contribution is -0.217. The first kappa shape index (κ1) is 12.7. The van der Waals surface area contributed by atoms with Gasteiger partial charge in [0.2, 0.25) is 0 Å². The lowest BCUT2D eigenvalue weighted by Crippen LogP contribution is -2.07. The van der Waals surface area contributed by atoms with Gasteiger partial charge in [0.05, 0.1) is 5.56 Å². The summed E-state index contributed by atoms with van der Waals surface area (Å²) in [5.74, 6) is -0.257. The summed E-state index contributed by atoms with van der Waals surface area (Å²) in [7, 11) is 0. The molecular formula is C13H17O3. The van der Waals surface area contributed by atoms with Crippen molar-refractivity contribution < 1.29 is 14.6 Å². The monoisotopic (exact) mass is 221 g/mol. The van der Waals surface area contributed by atoms with Gasteiger partial charge in [-0.15, -0.1) is 0 Å². The van der Waals surface area contributed by atoms with E-state index in [9.17, 15) is 4.79 Å². The van der Waals surface area contributed by atoms with Gasteiger partial charge >= 0.3 is 5.97 Å². The average molecular weight is 221 g/mol. The molecule has 1 radical (unpaired) electrons. The first-order valence-electron chi connectivity index (χ1n) is 5.29. The highest BCUT2D eigenvalue weighted by Gasteiger charge is 2.09. The molecule has 0 atom stereocenters. The molecule has 0 unspecified atom stereocenters. The number of carbonyl (C=O) groups is 1. The third-order valence-electron chi connectivity index (χ3n) is 2.19. The van der Waals surface area contributed by atoms with Crippen molar-refractivity contribution in [2.45, 2.75) is 27.7 Å². The maximum Gasteiger partial charge on any atom is 0.373 e. The summed E-state index contributed by atoms with van der Waals surface area (Å²) in [6.45, 7) is 9.29. The van der Waals surface area contributed by atoms with Crippen LogP contribution in [0.5, 0.6) is 0 Å².